The minimum absolute atomic E-state index is 0.173. The highest BCUT2D eigenvalue weighted by Gasteiger charge is 2.20. The maximum Gasteiger partial charge on any atom is 0.407 e. The Morgan fingerprint density at radius 2 is 1.75 bits per heavy atom. The Bertz CT molecular complexity index is 650. The predicted octanol–water partition coefficient (Wildman–Crippen LogP) is 3.05. The van der Waals surface area contributed by atoms with Crippen LogP contribution in [0.5, 0.6) is 0 Å². The van der Waals surface area contributed by atoms with E-state index >= 15 is 0 Å². The zero-order valence-electron chi connectivity index (χ0n) is 13.1. The third-order valence-corrected chi connectivity index (χ3v) is 3.85. The number of aliphatic hydroxyl groups is 2. The lowest BCUT2D eigenvalue weighted by Crippen LogP contribution is -2.29. The molecule has 0 bridgehead atoms. The quantitative estimate of drug-likeness (QED) is 0.718. The van der Waals surface area contributed by atoms with Gasteiger partial charge in [0.15, 0.2) is 0 Å². The second-order valence-corrected chi connectivity index (χ2v) is 5.72. The number of amides is 1. The second kappa shape index (κ2) is 9.27. The molecule has 0 aliphatic carbocycles. The Hall–Kier alpha value is -2.08. The molecule has 128 valence electrons. The van der Waals surface area contributed by atoms with Crippen LogP contribution in [-0.4, -0.2) is 29.0 Å². The van der Waals surface area contributed by atoms with E-state index in [-0.39, 0.29) is 19.6 Å². The van der Waals surface area contributed by atoms with Crippen LogP contribution in [0.25, 0.3) is 0 Å². The molecule has 2 unspecified atom stereocenters. The maximum absolute atomic E-state index is 11.6. The fourth-order valence-electron chi connectivity index (χ4n) is 2.18. The molecule has 0 fully saturated rings. The van der Waals surface area contributed by atoms with Gasteiger partial charge in [0, 0.05) is 17.1 Å². The van der Waals surface area contributed by atoms with Crippen molar-refractivity contribution < 1.29 is 19.7 Å². The van der Waals surface area contributed by atoms with Crippen LogP contribution in [0.2, 0.25) is 5.02 Å². The smallest absolute Gasteiger partial charge is 0.407 e. The molecule has 0 aliphatic rings. The molecule has 0 aromatic heterocycles. The molecule has 0 spiro atoms. The average molecular weight is 350 g/mol. The van der Waals surface area contributed by atoms with Gasteiger partial charge >= 0.3 is 6.09 Å². The number of carbonyl (C=O) groups excluding carboxylic acids is 1. The molecule has 0 saturated carbocycles. The summed E-state index contributed by atoms with van der Waals surface area (Å²) in [5, 5.41) is 23.1. The molecule has 1 amide bonds. The van der Waals surface area contributed by atoms with Gasteiger partial charge in [0.1, 0.15) is 12.7 Å². The van der Waals surface area contributed by atoms with Crippen LogP contribution in [0.15, 0.2) is 54.6 Å². The molecule has 0 radical (unpaired) electrons. The molecule has 0 aliphatic heterocycles. The van der Waals surface area contributed by atoms with Crippen LogP contribution >= 0.6 is 11.6 Å². The summed E-state index contributed by atoms with van der Waals surface area (Å²) in [5.74, 6) is 0. The Kier molecular flexibility index (Phi) is 7.06. The molecule has 2 rings (SSSR count). The van der Waals surface area contributed by atoms with Crippen molar-refractivity contribution in [2.75, 3.05) is 6.54 Å². The number of rotatable bonds is 7. The highest BCUT2D eigenvalue weighted by Crippen LogP contribution is 2.25. The summed E-state index contributed by atoms with van der Waals surface area (Å²) in [6.45, 7) is 0.355. The number of aliphatic hydroxyl groups excluding tert-OH is 2. The van der Waals surface area contributed by atoms with Crippen molar-refractivity contribution in [3.05, 3.63) is 70.7 Å². The zero-order chi connectivity index (χ0) is 17.4. The fraction of sp³-hybridized carbons (Fsp3) is 0.278. The van der Waals surface area contributed by atoms with E-state index in [1.807, 2.05) is 30.3 Å². The first-order chi connectivity index (χ1) is 11.6. The van der Waals surface area contributed by atoms with Gasteiger partial charge in [0.25, 0.3) is 0 Å². The van der Waals surface area contributed by atoms with E-state index < -0.39 is 18.3 Å². The van der Waals surface area contributed by atoms with Gasteiger partial charge in [-0.2, -0.15) is 0 Å². The standard InChI is InChI=1S/C18H20ClNO4/c19-15-9-5-4-8-14(15)17(22)16(21)10-11-20-18(23)24-12-13-6-2-1-3-7-13/h1-9,16-17,21-22H,10-12H2,(H,20,23). The van der Waals surface area contributed by atoms with E-state index in [1.54, 1.807) is 24.3 Å². The largest absolute Gasteiger partial charge is 0.445 e. The Balaban J connectivity index is 1.71. The SMILES string of the molecule is O=C(NCCC(O)C(O)c1ccccc1Cl)OCc1ccccc1. The molecule has 2 aromatic rings. The van der Waals surface area contributed by atoms with Gasteiger partial charge in [-0.3, -0.25) is 0 Å². The monoisotopic (exact) mass is 349 g/mol. The minimum atomic E-state index is -1.11. The Morgan fingerprint density at radius 3 is 2.46 bits per heavy atom. The molecule has 6 heteroatoms. The molecular weight excluding hydrogens is 330 g/mol. The van der Waals surface area contributed by atoms with Gasteiger partial charge < -0.3 is 20.3 Å². The molecule has 2 atom stereocenters. The summed E-state index contributed by atoms with van der Waals surface area (Å²) in [6, 6.07) is 16.1. The number of carbonyl (C=O) groups is 1. The third-order valence-electron chi connectivity index (χ3n) is 3.51. The van der Waals surface area contributed by atoms with E-state index in [9.17, 15) is 15.0 Å². The summed E-state index contributed by atoms with van der Waals surface area (Å²) in [4.78, 5) is 11.6. The summed E-state index contributed by atoms with van der Waals surface area (Å²) in [7, 11) is 0. The first-order valence-corrected chi connectivity index (χ1v) is 8.01. The van der Waals surface area contributed by atoms with Crippen molar-refractivity contribution in [3.8, 4) is 0 Å². The average Bonchev–Trinajstić information content (AvgIpc) is 2.60. The molecule has 0 saturated heterocycles. The highest BCUT2D eigenvalue weighted by molar-refractivity contribution is 6.31. The Morgan fingerprint density at radius 1 is 1.08 bits per heavy atom. The van der Waals surface area contributed by atoms with Crippen LogP contribution in [0.1, 0.15) is 23.7 Å². The van der Waals surface area contributed by atoms with Crippen LogP contribution in [0, 0.1) is 0 Å². The maximum atomic E-state index is 11.6. The van der Waals surface area contributed by atoms with Gasteiger partial charge in [0.2, 0.25) is 0 Å². The Labute approximate surface area is 145 Å². The second-order valence-electron chi connectivity index (χ2n) is 5.31. The van der Waals surface area contributed by atoms with Crippen LogP contribution < -0.4 is 5.32 Å². The van der Waals surface area contributed by atoms with E-state index in [0.29, 0.717) is 10.6 Å². The van der Waals surface area contributed by atoms with E-state index in [1.165, 1.54) is 0 Å². The number of ether oxygens (including phenoxy) is 1. The number of hydrogen-bond donors (Lipinski definition) is 3. The van der Waals surface area contributed by atoms with Gasteiger partial charge in [-0.05, 0) is 18.1 Å². The van der Waals surface area contributed by atoms with Crippen molar-refractivity contribution in [3.63, 3.8) is 0 Å². The van der Waals surface area contributed by atoms with Gasteiger partial charge in [-0.25, -0.2) is 4.79 Å². The zero-order valence-corrected chi connectivity index (χ0v) is 13.8. The topological polar surface area (TPSA) is 78.8 Å². The van der Waals surface area contributed by atoms with Crippen LogP contribution in [0.4, 0.5) is 4.79 Å². The van der Waals surface area contributed by atoms with Gasteiger partial charge in [-0.15, -0.1) is 0 Å². The highest BCUT2D eigenvalue weighted by atomic mass is 35.5. The molecule has 24 heavy (non-hydrogen) atoms. The lowest BCUT2D eigenvalue weighted by molar-refractivity contribution is 0.0137. The number of benzene rings is 2. The van der Waals surface area contributed by atoms with Crippen molar-refractivity contribution in [2.45, 2.75) is 25.2 Å². The molecule has 5 nitrogen and oxygen atoms in total. The summed E-state index contributed by atoms with van der Waals surface area (Å²) in [6.07, 6.45) is -2.55. The van der Waals surface area contributed by atoms with Crippen molar-refractivity contribution in [1.82, 2.24) is 5.32 Å². The fourth-order valence-corrected chi connectivity index (χ4v) is 2.42. The number of hydrogen-bond acceptors (Lipinski definition) is 4. The third kappa shape index (κ3) is 5.53. The summed E-state index contributed by atoms with van der Waals surface area (Å²) < 4.78 is 5.06. The van der Waals surface area contributed by atoms with Crippen molar-refractivity contribution in [2.24, 2.45) is 0 Å². The molecule has 3 N–H and O–H groups in total. The number of alkyl carbamates (subject to hydrolysis) is 1. The first kappa shape index (κ1) is 18.3. The van der Waals surface area contributed by atoms with E-state index in [2.05, 4.69) is 5.32 Å². The van der Waals surface area contributed by atoms with E-state index in [0.717, 1.165) is 5.56 Å². The predicted molar refractivity (Wildman–Crippen MR) is 91.7 cm³/mol. The van der Waals surface area contributed by atoms with Crippen LogP contribution in [0.3, 0.4) is 0 Å². The molecule has 2 aromatic carbocycles. The summed E-state index contributed by atoms with van der Waals surface area (Å²) in [5.41, 5.74) is 1.35. The molecule has 0 heterocycles. The normalized spacial score (nSPS) is 13.1. The lowest BCUT2D eigenvalue weighted by atomic mass is 10.0. The number of halogens is 1. The first-order valence-electron chi connectivity index (χ1n) is 7.63. The van der Waals surface area contributed by atoms with Crippen molar-refractivity contribution >= 4 is 17.7 Å². The minimum Gasteiger partial charge on any atom is -0.445 e. The van der Waals surface area contributed by atoms with Crippen molar-refractivity contribution in [1.29, 1.82) is 0 Å². The van der Waals surface area contributed by atoms with Gasteiger partial charge in [0.05, 0.1) is 6.10 Å². The van der Waals surface area contributed by atoms with E-state index in [4.69, 9.17) is 16.3 Å². The summed E-state index contributed by atoms with van der Waals surface area (Å²) >= 11 is 5.99. The van der Waals surface area contributed by atoms with Gasteiger partial charge in [-0.1, -0.05) is 60.1 Å². The van der Waals surface area contributed by atoms with Crippen LogP contribution in [-0.2, 0) is 11.3 Å². The molecular formula is C18H20ClNO4. The number of nitrogens with one attached hydrogen (secondary N) is 1. The lowest BCUT2D eigenvalue weighted by Gasteiger charge is -2.19.